The second-order valence-corrected chi connectivity index (χ2v) is 8.91. The normalized spacial score (nSPS) is 34.6. The van der Waals surface area contributed by atoms with E-state index in [-0.39, 0.29) is 18.5 Å². The average molecular weight is 378 g/mol. The average Bonchev–Trinajstić information content (AvgIpc) is 2.54. The van der Waals surface area contributed by atoms with Crippen molar-refractivity contribution in [2.24, 2.45) is 17.3 Å². The van der Waals surface area contributed by atoms with Gasteiger partial charge >= 0.3 is 5.97 Å². The summed E-state index contributed by atoms with van der Waals surface area (Å²) >= 11 is 6.05. The van der Waals surface area contributed by atoms with E-state index in [9.17, 15) is 14.7 Å². The zero-order valence-corrected chi connectivity index (χ0v) is 15.6. The lowest BCUT2D eigenvalue weighted by Gasteiger charge is -2.58. The summed E-state index contributed by atoms with van der Waals surface area (Å²) in [6.45, 7) is 1.50. The van der Waals surface area contributed by atoms with Gasteiger partial charge in [0.1, 0.15) is 0 Å². The molecule has 0 saturated heterocycles. The molecule has 4 fully saturated rings. The van der Waals surface area contributed by atoms with Gasteiger partial charge < -0.3 is 15.2 Å². The van der Waals surface area contributed by atoms with Gasteiger partial charge in [-0.05, 0) is 75.0 Å². The molecule has 4 bridgehead atoms. The van der Waals surface area contributed by atoms with E-state index in [1.165, 1.54) is 0 Å². The standard InChI is InChI=1S/C20H24ClNO4/c1-12-15(21)3-2-4-16(12)22-17(23)10-26-18(24)19-6-13-5-14(7-19)9-20(25,8-13)11-19/h2-4,13-14,25H,5-11H2,1H3,(H,22,23)/t13-,14-,19?,20?/m1/s1. The number of amides is 1. The van der Waals surface area contributed by atoms with Crippen LogP contribution >= 0.6 is 11.6 Å². The van der Waals surface area contributed by atoms with Crippen molar-refractivity contribution in [3.63, 3.8) is 0 Å². The molecule has 0 unspecified atom stereocenters. The SMILES string of the molecule is Cc1c(Cl)cccc1NC(=O)COC(=O)C12C[C@H]3C[C@@H](CC(O)(C3)C1)C2. The molecule has 26 heavy (non-hydrogen) atoms. The molecular weight excluding hydrogens is 354 g/mol. The Morgan fingerprint density at radius 2 is 1.96 bits per heavy atom. The number of esters is 1. The summed E-state index contributed by atoms with van der Waals surface area (Å²) in [5.41, 5.74) is 0.0637. The first-order chi connectivity index (χ1) is 12.3. The van der Waals surface area contributed by atoms with Gasteiger partial charge in [0, 0.05) is 10.7 Å². The smallest absolute Gasteiger partial charge is 0.312 e. The first kappa shape index (κ1) is 17.8. The van der Waals surface area contributed by atoms with Crippen LogP contribution in [-0.4, -0.2) is 29.2 Å². The third-order valence-corrected chi connectivity index (χ3v) is 6.75. The van der Waals surface area contributed by atoms with E-state index in [1.807, 2.05) is 6.92 Å². The van der Waals surface area contributed by atoms with E-state index in [2.05, 4.69) is 5.32 Å². The van der Waals surface area contributed by atoms with Gasteiger partial charge in [-0.3, -0.25) is 9.59 Å². The number of nitrogens with one attached hydrogen (secondary N) is 1. The minimum Gasteiger partial charge on any atom is -0.455 e. The molecule has 4 aliphatic carbocycles. The predicted molar refractivity (Wildman–Crippen MR) is 97.8 cm³/mol. The van der Waals surface area contributed by atoms with Crippen LogP contribution in [0, 0.1) is 24.2 Å². The minimum absolute atomic E-state index is 0.319. The van der Waals surface area contributed by atoms with Crippen molar-refractivity contribution in [3.05, 3.63) is 28.8 Å². The molecule has 1 aromatic carbocycles. The van der Waals surface area contributed by atoms with Crippen LogP contribution < -0.4 is 5.32 Å². The van der Waals surface area contributed by atoms with E-state index in [0.29, 0.717) is 29.0 Å². The Labute approximate surface area is 158 Å². The summed E-state index contributed by atoms with van der Waals surface area (Å²) < 4.78 is 5.38. The number of benzene rings is 1. The predicted octanol–water partition coefficient (Wildman–Crippen LogP) is 3.46. The molecule has 140 valence electrons. The Balaban J connectivity index is 1.38. The number of hydrogen-bond donors (Lipinski definition) is 2. The number of carbonyl (C=O) groups is 2. The summed E-state index contributed by atoms with van der Waals surface area (Å²) in [6.07, 6.45) is 4.73. The Morgan fingerprint density at radius 1 is 1.27 bits per heavy atom. The topological polar surface area (TPSA) is 75.6 Å². The zero-order valence-electron chi connectivity index (χ0n) is 14.9. The number of ether oxygens (including phenoxy) is 1. The Bertz CT molecular complexity index is 748. The van der Waals surface area contributed by atoms with E-state index in [4.69, 9.17) is 16.3 Å². The molecule has 5 nitrogen and oxygen atoms in total. The molecule has 0 radical (unpaired) electrons. The monoisotopic (exact) mass is 377 g/mol. The molecule has 0 aliphatic heterocycles. The first-order valence-corrected chi connectivity index (χ1v) is 9.61. The summed E-state index contributed by atoms with van der Waals surface area (Å²) in [7, 11) is 0. The largest absolute Gasteiger partial charge is 0.455 e. The van der Waals surface area contributed by atoms with Crippen molar-refractivity contribution in [1.29, 1.82) is 0 Å². The lowest BCUT2D eigenvalue weighted by Crippen LogP contribution is -2.58. The summed E-state index contributed by atoms with van der Waals surface area (Å²) in [6, 6.07) is 5.27. The molecule has 6 heteroatoms. The number of rotatable bonds is 4. The van der Waals surface area contributed by atoms with Gasteiger partial charge in [-0.15, -0.1) is 0 Å². The van der Waals surface area contributed by atoms with E-state index in [0.717, 1.165) is 37.7 Å². The van der Waals surface area contributed by atoms with Gasteiger partial charge in [0.25, 0.3) is 5.91 Å². The molecule has 2 N–H and O–H groups in total. The fraction of sp³-hybridized carbons (Fsp3) is 0.600. The quantitative estimate of drug-likeness (QED) is 0.788. The summed E-state index contributed by atoms with van der Waals surface area (Å²) in [5, 5.41) is 14.1. The molecule has 0 spiro atoms. The second-order valence-electron chi connectivity index (χ2n) is 8.50. The molecule has 1 aromatic rings. The highest BCUT2D eigenvalue weighted by molar-refractivity contribution is 6.31. The third-order valence-electron chi connectivity index (χ3n) is 6.34. The van der Waals surface area contributed by atoms with Gasteiger partial charge in [-0.25, -0.2) is 0 Å². The molecule has 5 rings (SSSR count). The Kier molecular flexibility index (Phi) is 4.27. The molecule has 4 aliphatic rings. The number of anilines is 1. The van der Waals surface area contributed by atoms with Crippen LogP contribution in [0.5, 0.6) is 0 Å². The number of aliphatic hydroxyl groups is 1. The minimum atomic E-state index is -0.719. The highest BCUT2D eigenvalue weighted by Gasteiger charge is 2.60. The maximum absolute atomic E-state index is 12.8. The van der Waals surface area contributed by atoms with Crippen molar-refractivity contribution in [3.8, 4) is 0 Å². The van der Waals surface area contributed by atoms with Crippen LogP contribution in [0.3, 0.4) is 0 Å². The van der Waals surface area contributed by atoms with Crippen LogP contribution in [0.4, 0.5) is 5.69 Å². The molecule has 4 saturated carbocycles. The van der Waals surface area contributed by atoms with Gasteiger partial charge in [-0.1, -0.05) is 17.7 Å². The highest BCUT2D eigenvalue weighted by atomic mass is 35.5. The van der Waals surface area contributed by atoms with Crippen molar-refractivity contribution < 1.29 is 19.4 Å². The molecule has 0 heterocycles. The number of halogens is 1. The van der Waals surface area contributed by atoms with Crippen LogP contribution in [0.25, 0.3) is 0 Å². The van der Waals surface area contributed by atoms with Gasteiger partial charge in [0.2, 0.25) is 0 Å². The maximum Gasteiger partial charge on any atom is 0.312 e. The van der Waals surface area contributed by atoms with Crippen molar-refractivity contribution in [1.82, 2.24) is 0 Å². The molecule has 0 aromatic heterocycles. The number of hydrogen-bond acceptors (Lipinski definition) is 4. The fourth-order valence-electron chi connectivity index (χ4n) is 5.67. The van der Waals surface area contributed by atoms with Gasteiger partial charge in [-0.2, -0.15) is 0 Å². The van der Waals surface area contributed by atoms with Crippen molar-refractivity contribution >= 4 is 29.2 Å². The molecule has 1 amide bonds. The highest BCUT2D eigenvalue weighted by Crippen LogP contribution is 2.61. The fourth-order valence-corrected chi connectivity index (χ4v) is 5.84. The van der Waals surface area contributed by atoms with Crippen molar-refractivity contribution in [2.75, 3.05) is 11.9 Å². The maximum atomic E-state index is 12.8. The Morgan fingerprint density at radius 3 is 2.62 bits per heavy atom. The summed E-state index contributed by atoms with van der Waals surface area (Å²) in [5.74, 6) is 0.0867. The third kappa shape index (κ3) is 3.12. The van der Waals surface area contributed by atoms with Gasteiger partial charge in [0.15, 0.2) is 6.61 Å². The van der Waals surface area contributed by atoms with Crippen LogP contribution in [0.2, 0.25) is 5.02 Å². The zero-order chi connectivity index (χ0) is 18.5. The van der Waals surface area contributed by atoms with E-state index < -0.39 is 11.0 Å². The van der Waals surface area contributed by atoms with Crippen LogP contribution in [0.1, 0.15) is 44.1 Å². The van der Waals surface area contributed by atoms with Gasteiger partial charge in [0.05, 0.1) is 11.0 Å². The Hall–Kier alpha value is -1.59. The van der Waals surface area contributed by atoms with Crippen LogP contribution in [-0.2, 0) is 14.3 Å². The van der Waals surface area contributed by atoms with E-state index in [1.54, 1.807) is 18.2 Å². The molecule has 2 atom stereocenters. The lowest BCUT2D eigenvalue weighted by atomic mass is 9.48. The van der Waals surface area contributed by atoms with Crippen LogP contribution in [0.15, 0.2) is 18.2 Å². The lowest BCUT2D eigenvalue weighted by molar-refractivity contribution is -0.196. The first-order valence-electron chi connectivity index (χ1n) is 9.23. The van der Waals surface area contributed by atoms with E-state index >= 15 is 0 Å². The summed E-state index contributed by atoms with van der Waals surface area (Å²) in [4.78, 5) is 25.0. The van der Waals surface area contributed by atoms with Crippen molar-refractivity contribution in [2.45, 2.75) is 51.0 Å². The second kappa shape index (κ2) is 6.24. The molecular formula is C20H24ClNO4. The number of carbonyl (C=O) groups excluding carboxylic acids is 2.